The zero-order valence-electron chi connectivity index (χ0n) is 10.5. The summed E-state index contributed by atoms with van der Waals surface area (Å²) in [5.41, 5.74) is 0. The number of hydrogen-bond acceptors (Lipinski definition) is 4. The van der Waals surface area contributed by atoms with Gasteiger partial charge in [-0.25, -0.2) is 0 Å². The number of likely N-dealkylation sites (N-methyl/N-ethyl adjacent to an activating group) is 2. The molecule has 90 valence electrons. The van der Waals surface area contributed by atoms with Gasteiger partial charge < -0.3 is 15.0 Å². The van der Waals surface area contributed by atoms with Gasteiger partial charge in [0.2, 0.25) is 0 Å². The van der Waals surface area contributed by atoms with Crippen LogP contribution in [-0.2, 0) is 4.74 Å². The van der Waals surface area contributed by atoms with Gasteiger partial charge in [-0.2, -0.15) is 0 Å². The summed E-state index contributed by atoms with van der Waals surface area (Å²) in [6, 6.07) is 0.632. The van der Waals surface area contributed by atoms with Crippen LogP contribution in [0.15, 0.2) is 0 Å². The summed E-state index contributed by atoms with van der Waals surface area (Å²) >= 11 is 0. The Bertz CT molecular complexity index is 177. The fraction of sp³-hybridized carbons (Fsp3) is 1.00. The van der Waals surface area contributed by atoms with E-state index < -0.39 is 0 Å². The summed E-state index contributed by atoms with van der Waals surface area (Å²) in [5, 5.41) is 3.46. The number of methoxy groups -OCH3 is 1. The minimum Gasteiger partial charge on any atom is -0.380 e. The normalized spacial score (nSPS) is 26.8. The minimum absolute atomic E-state index is 0.302. The van der Waals surface area contributed by atoms with Crippen molar-refractivity contribution in [3.8, 4) is 0 Å². The number of rotatable bonds is 5. The van der Waals surface area contributed by atoms with Crippen molar-refractivity contribution in [2.45, 2.75) is 19.1 Å². The standard InChI is InChI=1S/C11H25N3O/c1-10(15-4)7-12-8-11-9-13(2)5-6-14(11)3/h10-12H,5-9H2,1-4H3. The lowest BCUT2D eigenvalue weighted by Crippen LogP contribution is -2.54. The Labute approximate surface area is 93.6 Å². The van der Waals surface area contributed by atoms with Gasteiger partial charge >= 0.3 is 0 Å². The Balaban J connectivity index is 2.18. The highest BCUT2D eigenvalue weighted by Gasteiger charge is 2.21. The topological polar surface area (TPSA) is 27.7 Å². The quantitative estimate of drug-likeness (QED) is 0.691. The van der Waals surface area contributed by atoms with Gasteiger partial charge in [0, 0.05) is 45.9 Å². The minimum atomic E-state index is 0.302. The molecule has 0 aromatic heterocycles. The summed E-state index contributed by atoms with van der Waals surface area (Å²) in [6.45, 7) is 7.58. The third-order valence-corrected chi connectivity index (χ3v) is 3.19. The first-order chi connectivity index (χ1) is 7.13. The molecule has 2 unspecified atom stereocenters. The molecule has 1 rings (SSSR count). The molecule has 0 amide bonds. The van der Waals surface area contributed by atoms with Crippen molar-refractivity contribution in [2.24, 2.45) is 0 Å². The van der Waals surface area contributed by atoms with Gasteiger partial charge in [0.25, 0.3) is 0 Å². The second kappa shape index (κ2) is 6.43. The van der Waals surface area contributed by atoms with Gasteiger partial charge in [0.05, 0.1) is 6.10 Å². The Kier molecular flexibility index (Phi) is 5.53. The van der Waals surface area contributed by atoms with E-state index in [2.05, 4.69) is 36.1 Å². The summed E-state index contributed by atoms with van der Waals surface area (Å²) < 4.78 is 5.20. The first kappa shape index (κ1) is 12.9. The van der Waals surface area contributed by atoms with Crippen LogP contribution in [0.1, 0.15) is 6.92 Å². The van der Waals surface area contributed by atoms with Crippen LogP contribution in [-0.4, -0.2) is 75.9 Å². The van der Waals surface area contributed by atoms with Crippen LogP contribution in [0.2, 0.25) is 0 Å². The summed E-state index contributed by atoms with van der Waals surface area (Å²) in [7, 11) is 6.16. The maximum absolute atomic E-state index is 5.20. The molecule has 1 saturated heterocycles. The van der Waals surface area contributed by atoms with Gasteiger partial charge in [0.1, 0.15) is 0 Å². The van der Waals surface area contributed by atoms with E-state index in [0.717, 1.165) is 19.6 Å². The van der Waals surface area contributed by atoms with Crippen molar-refractivity contribution in [3.63, 3.8) is 0 Å². The fourth-order valence-corrected chi connectivity index (χ4v) is 1.86. The Morgan fingerprint density at radius 2 is 2.13 bits per heavy atom. The van der Waals surface area contributed by atoms with Crippen molar-refractivity contribution in [2.75, 3.05) is 53.9 Å². The molecule has 4 heteroatoms. The van der Waals surface area contributed by atoms with E-state index in [1.165, 1.54) is 13.1 Å². The van der Waals surface area contributed by atoms with Gasteiger partial charge in [-0.1, -0.05) is 0 Å². The van der Waals surface area contributed by atoms with Crippen molar-refractivity contribution in [1.82, 2.24) is 15.1 Å². The van der Waals surface area contributed by atoms with Crippen molar-refractivity contribution < 1.29 is 4.74 Å². The molecule has 0 saturated carbocycles. The molecule has 1 fully saturated rings. The highest BCUT2D eigenvalue weighted by Crippen LogP contribution is 2.04. The molecule has 0 spiro atoms. The largest absolute Gasteiger partial charge is 0.380 e. The molecule has 15 heavy (non-hydrogen) atoms. The SMILES string of the molecule is COC(C)CNCC1CN(C)CCN1C. The average molecular weight is 215 g/mol. The highest BCUT2D eigenvalue weighted by atomic mass is 16.5. The average Bonchev–Trinajstić information content (AvgIpc) is 2.23. The summed E-state index contributed by atoms with van der Waals surface area (Å²) in [6.07, 6.45) is 0.302. The van der Waals surface area contributed by atoms with Crippen LogP contribution in [0.5, 0.6) is 0 Å². The van der Waals surface area contributed by atoms with E-state index in [-0.39, 0.29) is 0 Å². The zero-order valence-corrected chi connectivity index (χ0v) is 10.5. The number of nitrogens with one attached hydrogen (secondary N) is 1. The maximum atomic E-state index is 5.20. The van der Waals surface area contributed by atoms with Gasteiger partial charge in [-0.15, -0.1) is 0 Å². The second-order valence-corrected chi connectivity index (χ2v) is 4.60. The van der Waals surface area contributed by atoms with Crippen LogP contribution in [0.3, 0.4) is 0 Å². The zero-order chi connectivity index (χ0) is 11.3. The van der Waals surface area contributed by atoms with E-state index >= 15 is 0 Å². The van der Waals surface area contributed by atoms with Gasteiger partial charge in [0.15, 0.2) is 0 Å². The Hall–Kier alpha value is -0.160. The number of hydrogen-bond donors (Lipinski definition) is 1. The fourth-order valence-electron chi connectivity index (χ4n) is 1.86. The first-order valence-corrected chi connectivity index (χ1v) is 5.75. The monoisotopic (exact) mass is 215 g/mol. The molecule has 2 atom stereocenters. The number of piperazine rings is 1. The molecule has 0 aliphatic carbocycles. The predicted molar refractivity (Wildman–Crippen MR) is 63.3 cm³/mol. The Morgan fingerprint density at radius 3 is 2.80 bits per heavy atom. The second-order valence-electron chi connectivity index (χ2n) is 4.60. The number of nitrogens with zero attached hydrogens (tertiary/aromatic N) is 2. The van der Waals surface area contributed by atoms with Crippen LogP contribution in [0, 0.1) is 0 Å². The molecule has 1 aliphatic heterocycles. The van der Waals surface area contributed by atoms with Gasteiger partial charge in [-0.3, -0.25) is 4.90 Å². The maximum Gasteiger partial charge on any atom is 0.0667 e. The molecule has 1 heterocycles. The van der Waals surface area contributed by atoms with Crippen molar-refractivity contribution in [3.05, 3.63) is 0 Å². The van der Waals surface area contributed by atoms with E-state index in [0.29, 0.717) is 12.1 Å². The molecular weight excluding hydrogens is 190 g/mol. The third kappa shape index (κ3) is 4.47. The third-order valence-electron chi connectivity index (χ3n) is 3.19. The van der Waals surface area contributed by atoms with Crippen molar-refractivity contribution in [1.29, 1.82) is 0 Å². The lowest BCUT2D eigenvalue weighted by molar-refractivity contribution is 0.0971. The predicted octanol–water partition coefficient (Wildman–Crippen LogP) is -0.143. The van der Waals surface area contributed by atoms with Crippen LogP contribution >= 0.6 is 0 Å². The highest BCUT2D eigenvalue weighted by molar-refractivity contribution is 4.80. The van der Waals surface area contributed by atoms with E-state index in [9.17, 15) is 0 Å². The molecule has 0 radical (unpaired) electrons. The van der Waals surface area contributed by atoms with E-state index in [1.54, 1.807) is 7.11 Å². The molecule has 1 aliphatic rings. The molecule has 1 N–H and O–H groups in total. The molecule has 0 aromatic carbocycles. The van der Waals surface area contributed by atoms with Crippen LogP contribution < -0.4 is 5.32 Å². The Morgan fingerprint density at radius 1 is 1.40 bits per heavy atom. The van der Waals surface area contributed by atoms with Crippen LogP contribution in [0.4, 0.5) is 0 Å². The lowest BCUT2D eigenvalue weighted by Gasteiger charge is -2.38. The number of ether oxygens (including phenoxy) is 1. The van der Waals surface area contributed by atoms with Crippen molar-refractivity contribution >= 4 is 0 Å². The molecule has 0 bridgehead atoms. The van der Waals surface area contributed by atoms with E-state index in [4.69, 9.17) is 4.74 Å². The van der Waals surface area contributed by atoms with E-state index in [1.807, 2.05) is 0 Å². The summed E-state index contributed by atoms with van der Waals surface area (Å²) in [5.74, 6) is 0. The smallest absolute Gasteiger partial charge is 0.0667 e. The summed E-state index contributed by atoms with van der Waals surface area (Å²) in [4.78, 5) is 4.83. The van der Waals surface area contributed by atoms with Gasteiger partial charge in [-0.05, 0) is 21.0 Å². The lowest BCUT2D eigenvalue weighted by atomic mass is 10.2. The molecule has 0 aromatic rings. The molecule has 4 nitrogen and oxygen atoms in total. The first-order valence-electron chi connectivity index (χ1n) is 5.75. The molecular formula is C11H25N3O. The van der Waals surface area contributed by atoms with Crippen LogP contribution in [0.25, 0.3) is 0 Å².